The molecule has 0 heterocycles. The average molecular weight is 665 g/mol. The van der Waals surface area contributed by atoms with Crippen LogP contribution in [-0.4, -0.2) is 23.3 Å². The molecule has 0 spiro atoms. The van der Waals surface area contributed by atoms with E-state index in [4.69, 9.17) is 4.74 Å². The van der Waals surface area contributed by atoms with Gasteiger partial charge in [0.25, 0.3) is 0 Å². The number of allylic oxidation sites excluding steroid dienone is 4. The SMILES string of the molecule is CCCCCC(O)/C=C/C=C/CCCCCCCC(=O)O[C@H]1CC[C@@]2(C)C(=CC[C@H]3[C@@H]4CC[C@H]([C@H](C)CCCC(C)C)[C@@]4(C)CC[C@@H]32)C1. The standard InChI is InChI=1S/C45H76O3/c1-7-8-16-22-37(46)23-17-14-12-10-9-11-13-15-18-24-43(47)48-38-29-31-44(5)36(33-38)25-26-39-41-28-27-40(35(4)21-19-20-34(2)3)45(41,6)32-30-42(39)44/h12,14,17,23,25,34-35,37-42,46H,7-11,13,15-16,18-22,24,26-33H2,1-6H3/b14-12+,23-17+/t35-,37?,38+,39+,40-,41+,42+,44+,45-/m1/s1. The zero-order valence-corrected chi connectivity index (χ0v) is 32.3. The number of hydrogen-bond donors (Lipinski definition) is 1. The Morgan fingerprint density at radius 2 is 1.69 bits per heavy atom. The highest BCUT2D eigenvalue weighted by molar-refractivity contribution is 5.69. The Morgan fingerprint density at radius 3 is 2.48 bits per heavy atom. The lowest BCUT2D eigenvalue weighted by Gasteiger charge is -2.58. The summed E-state index contributed by atoms with van der Waals surface area (Å²) in [7, 11) is 0. The monoisotopic (exact) mass is 665 g/mol. The fourth-order valence-corrected chi connectivity index (χ4v) is 11.1. The third-order valence-corrected chi connectivity index (χ3v) is 14.0. The molecular formula is C45H76O3. The molecule has 0 amide bonds. The van der Waals surface area contributed by atoms with Crippen LogP contribution < -0.4 is 0 Å². The third-order valence-electron chi connectivity index (χ3n) is 14.0. The molecule has 3 fully saturated rings. The van der Waals surface area contributed by atoms with Crippen molar-refractivity contribution in [1.82, 2.24) is 0 Å². The first kappa shape index (κ1) is 39.4. The third kappa shape index (κ3) is 10.6. The molecule has 3 heteroatoms. The lowest BCUT2D eigenvalue weighted by molar-refractivity contribution is -0.151. The summed E-state index contributed by atoms with van der Waals surface area (Å²) in [6, 6.07) is 0. The van der Waals surface area contributed by atoms with E-state index in [0.717, 1.165) is 80.5 Å². The molecule has 0 bridgehead atoms. The highest BCUT2D eigenvalue weighted by Gasteiger charge is 2.59. The van der Waals surface area contributed by atoms with Crippen LogP contribution in [0.2, 0.25) is 0 Å². The number of carbonyl (C=O) groups is 1. The topological polar surface area (TPSA) is 46.5 Å². The van der Waals surface area contributed by atoms with Gasteiger partial charge in [-0.3, -0.25) is 4.79 Å². The predicted octanol–water partition coefficient (Wildman–Crippen LogP) is 12.7. The first-order chi connectivity index (χ1) is 23.1. The largest absolute Gasteiger partial charge is 0.462 e. The van der Waals surface area contributed by atoms with E-state index in [1.807, 2.05) is 12.2 Å². The maximum Gasteiger partial charge on any atom is 0.306 e. The zero-order chi connectivity index (χ0) is 34.6. The van der Waals surface area contributed by atoms with Gasteiger partial charge in [0.05, 0.1) is 6.10 Å². The molecular weight excluding hydrogens is 588 g/mol. The van der Waals surface area contributed by atoms with Crippen LogP contribution in [-0.2, 0) is 9.53 Å². The van der Waals surface area contributed by atoms with Crippen LogP contribution >= 0.6 is 0 Å². The maximum absolute atomic E-state index is 12.8. The van der Waals surface area contributed by atoms with Crippen molar-refractivity contribution < 1.29 is 14.6 Å². The molecule has 1 N–H and O–H groups in total. The van der Waals surface area contributed by atoms with Crippen LogP contribution in [0.5, 0.6) is 0 Å². The van der Waals surface area contributed by atoms with E-state index in [1.165, 1.54) is 89.9 Å². The summed E-state index contributed by atoms with van der Waals surface area (Å²) >= 11 is 0. The molecule has 4 aliphatic rings. The Hall–Kier alpha value is -1.35. The van der Waals surface area contributed by atoms with Crippen LogP contribution in [0.25, 0.3) is 0 Å². The minimum absolute atomic E-state index is 0.0254. The molecule has 0 aromatic heterocycles. The second kappa shape index (κ2) is 19.3. The second-order valence-electron chi connectivity index (χ2n) is 17.8. The summed E-state index contributed by atoms with van der Waals surface area (Å²) in [4.78, 5) is 12.8. The molecule has 3 saturated carbocycles. The molecule has 1 unspecified atom stereocenters. The van der Waals surface area contributed by atoms with Crippen molar-refractivity contribution in [2.45, 2.75) is 195 Å². The van der Waals surface area contributed by atoms with E-state index in [9.17, 15) is 9.90 Å². The number of hydrogen-bond acceptors (Lipinski definition) is 3. The normalized spacial score (nSPS) is 33.0. The summed E-state index contributed by atoms with van der Waals surface area (Å²) in [6.45, 7) is 14.8. The van der Waals surface area contributed by atoms with Gasteiger partial charge in [0.2, 0.25) is 0 Å². The van der Waals surface area contributed by atoms with Gasteiger partial charge in [-0.15, -0.1) is 0 Å². The fraction of sp³-hybridized carbons (Fsp3) is 0.844. The Labute approximate surface area is 297 Å². The quantitative estimate of drug-likeness (QED) is 0.0610. The Bertz CT molecular complexity index is 1050. The van der Waals surface area contributed by atoms with Crippen molar-refractivity contribution in [3.63, 3.8) is 0 Å². The molecule has 0 saturated heterocycles. The molecule has 4 rings (SSSR count). The van der Waals surface area contributed by atoms with Crippen molar-refractivity contribution in [3.8, 4) is 0 Å². The van der Waals surface area contributed by atoms with Gasteiger partial charge in [-0.2, -0.15) is 0 Å². The molecule has 48 heavy (non-hydrogen) atoms. The van der Waals surface area contributed by atoms with E-state index in [1.54, 1.807) is 5.57 Å². The molecule has 0 aromatic rings. The van der Waals surface area contributed by atoms with Crippen LogP contribution in [0.3, 0.4) is 0 Å². The number of fused-ring (bicyclic) bond motifs is 5. The first-order valence-corrected chi connectivity index (χ1v) is 21.0. The Morgan fingerprint density at radius 1 is 0.896 bits per heavy atom. The van der Waals surface area contributed by atoms with Gasteiger partial charge >= 0.3 is 5.97 Å². The molecule has 3 nitrogen and oxygen atoms in total. The lowest BCUT2D eigenvalue weighted by atomic mass is 9.47. The van der Waals surface area contributed by atoms with Crippen molar-refractivity contribution >= 4 is 5.97 Å². The van der Waals surface area contributed by atoms with E-state index in [-0.39, 0.29) is 18.2 Å². The first-order valence-electron chi connectivity index (χ1n) is 21.0. The number of unbranched alkanes of at least 4 members (excludes halogenated alkanes) is 7. The average Bonchev–Trinajstić information content (AvgIpc) is 3.41. The van der Waals surface area contributed by atoms with E-state index < -0.39 is 0 Å². The van der Waals surface area contributed by atoms with Crippen LogP contribution in [0.4, 0.5) is 0 Å². The number of carbonyl (C=O) groups excluding carboxylic acids is 1. The number of aliphatic hydroxyl groups is 1. The predicted molar refractivity (Wildman–Crippen MR) is 204 cm³/mol. The summed E-state index contributed by atoms with van der Waals surface area (Å²) in [5.41, 5.74) is 2.48. The van der Waals surface area contributed by atoms with Gasteiger partial charge in [0, 0.05) is 12.8 Å². The maximum atomic E-state index is 12.8. The smallest absolute Gasteiger partial charge is 0.306 e. The highest BCUT2D eigenvalue weighted by atomic mass is 16.5. The van der Waals surface area contributed by atoms with E-state index >= 15 is 0 Å². The summed E-state index contributed by atoms with van der Waals surface area (Å²) in [6.07, 6.45) is 36.6. The van der Waals surface area contributed by atoms with Gasteiger partial charge in [-0.1, -0.05) is 135 Å². The lowest BCUT2D eigenvalue weighted by Crippen LogP contribution is -2.51. The summed E-state index contributed by atoms with van der Waals surface area (Å²) < 4.78 is 6.11. The van der Waals surface area contributed by atoms with Crippen LogP contribution in [0, 0.1) is 46.3 Å². The van der Waals surface area contributed by atoms with E-state index in [0.29, 0.717) is 17.3 Å². The molecule has 0 radical (unpaired) electrons. The zero-order valence-electron chi connectivity index (χ0n) is 32.3. The van der Waals surface area contributed by atoms with E-state index in [2.05, 4.69) is 59.8 Å². The highest BCUT2D eigenvalue weighted by Crippen LogP contribution is 2.67. The molecule has 9 atom stereocenters. The minimum Gasteiger partial charge on any atom is -0.462 e. The van der Waals surface area contributed by atoms with Gasteiger partial charge < -0.3 is 9.84 Å². The van der Waals surface area contributed by atoms with Gasteiger partial charge in [0.1, 0.15) is 6.10 Å². The van der Waals surface area contributed by atoms with Gasteiger partial charge in [0.15, 0.2) is 0 Å². The summed E-state index contributed by atoms with van der Waals surface area (Å²) in [5.74, 6) is 5.22. The molecule has 4 aliphatic carbocycles. The molecule has 274 valence electrons. The van der Waals surface area contributed by atoms with Crippen molar-refractivity contribution in [2.24, 2.45) is 46.3 Å². The fourth-order valence-electron chi connectivity index (χ4n) is 11.1. The van der Waals surface area contributed by atoms with Crippen molar-refractivity contribution in [2.75, 3.05) is 0 Å². The van der Waals surface area contributed by atoms with Gasteiger partial charge in [-0.05, 0) is 117 Å². The number of rotatable bonds is 20. The minimum atomic E-state index is -0.310. The van der Waals surface area contributed by atoms with Crippen molar-refractivity contribution in [1.29, 1.82) is 0 Å². The molecule has 0 aliphatic heterocycles. The number of esters is 1. The van der Waals surface area contributed by atoms with Gasteiger partial charge in [-0.25, -0.2) is 0 Å². The Balaban J connectivity index is 1.13. The second-order valence-corrected chi connectivity index (χ2v) is 17.8. The van der Waals surface area contributed by atoms with Crippen LogP contribution in [0.1, 0.15) is 183 Å². The Kier molecular flexibility index (Phi) is 15.9. The summed E-state index contributed by atoms with van der Waals surface area (Å²) in [5, 5.41) is 9.95. The van der Waals surface area contributed by atoms with Crippen molar-refractivity contribution in [3.05, 3.63) is 36.0 Å². The number of aliphatic hydroxyl groups excluding tert-OH is 1. The number of ether oxygens (including phenoxy) is 1. The molecule has 0 aromatic carbocycles. The van der Waals surface area contributed by atoms with Crippen LogP contribution in [0.15, 0.2) is 36.0 Å².